The first-order valence-corrected chi connectivity index (χ1v) is 3.79. The third kappa shape index (κ3) is 4.30. The number of carboxylic acids is 1. The van der Waals surface area contributed by atoms with E-state index in [0.29, 0.717) is 0 Å². The first-order chi connectivity index (χ1) is 6.87. The lowest BCUT2D eigenvalue weighted by Crippen LogP contribution is -2.17. The lowest BCUT2D eigenvalue weighted by Gasteiger charge is -2.08. The second kappa shape index (κ2) is 4.16. The SMILES string of the molecule is O=C(O)Cc1ccc(OC(F)(F)F)cn1. The number of pyridine rings is 1. The Morgan fingerprint density at radius 2 is 2.13 bits per heavy atom. The van der Waals surface area contributed by atoms with E-state index in [4.69, 9.17) is 5.11 Å². The molecule has 0 radical (unpaired) electrons. The van der Waals surface area contributed by atoms with Gasteiger partial charge in [-0.15, -0.1) is 13.2 Å². The molecule has 1 N–H and O–H groups in total. The van der Waals surface area contributed by atoms with Crippen LogP contribution in [0, 0.1) is 0 Å². The van der Waals surface area contributed by atoms with Crippen LogP contribution in [0.4, 0.5) is 13.2 Å². The standard InChI is InChI=1S/C8H6F3NO3/c9-8(10,11)15-6-2-1-5(12-4-6)3-7(13)14/h1-2,4H,3H2,(H,13,14). The van der Waals surface area contributed by atoms with Gasteiger partial charge in [-0.05, 0) is 12.1 Å². The number of nitrogens with zero attached hydrogens (tertiary/aromatic N) is 1. The number of rotatable bonds is 3. The molecule has 7 heteroatoms. The zero-order valence-electron chi connectivity index (χ0n) is 7.28. The van der Waals surface area contributed by atoms with Crippen molar-refractivity contribution < 1.29 is 27.8 Å². The molecule has 0 bridgehead atoms. The minimum absolute atomic E-state index is 0.164. The lowest BCUT2D eigenvalue weighted by molar-refractivity contribution is -0.274. The maximum Gasteiger partial charge on any atom is 0.573 e. The fourth-order valence-corrected chi connectivity index (χ4v) is 0.864. The third-order valence-corrected chi connectivity index (χ3v) is 1.36. The van der Waals surface area contributed by atoms with Gasteiger partial charge in [0.2, 0.25) is 0 Å². The minimum atomic E-state index is -4.77. The Kier molecular flexibility index (Phi) is 3.13. The molecule has 1 aromatic rings. The van der Waals surface area contributed by atoms with Gasteiger partial charge in [0, 0.05) is 0 Å². The van der Waals surface area contributed by atoms with E-state index >= 15 is 0 Å². The number of aliphatic carboxylic acids is 1. The molecule has 0 atom stereocenters. The topological polar surface area (TPSA) is 59.4 Å². The van der Waals surface area contributed by atoms with Crippen molar-refractivity contribution in [2.24, 2.45) is 0 Å². The average molecular weight is 221 g/mol. The number of halogens is 3. The van der Waals surface area contributed by atoms with Crippen molar-refractivity contribution in [2.45, 2.75) is 12.8 Å². The molecule has 0 aromatic carbocycles. The van der Waals surface area contributed by atoms with Gasteiger partial charge in [0.1, 0.15) is 5.75 Å². The summed E-state index contributed by atoms with van der Waals surface area (Å²) in [7, 11) is 0. The number of carboxylic acid groups (broad SMARTS) is 1. The molecule has 82 valence electrons. The van der Waals surface area contributed by atoms with E-state index < -0.39 is 18.1 Å². The zero-order chi connectivity index (χ0) is 11.5. The quantitative estimate of drug-likeness (QED) is 0.842. The summed E-state index contributed by atoms with van der Waals surface area (Å²) in [6, 6.07) is 2.17. The summed E-state index contributed by atoms with van der Waals surface area (Å²) in [6.07, 6.45) is -4.28. The van der Waals surface area contributed by atoms with Crippen LogP contribution < -0.4 is 4.74 Å². The fourth-order valence-electron chi connectivity index (χ4n) is 0.864. The summed E-state index contributed by atoms with van der Waals surface area (Å²) in [5, 5.41) is 8.37. The third-order valence-electron chi connectivity index (χ3n) is 1.36. The van der Waals surface area contributed by atoms with Crippen molar-refractivity contribution in [2.75, 3.05) is 0 Å². The molecule has 0 saturated carbocycles. The van der Waals surface area contributed by atoms with Crippen LogP contribution in [0.1, 0.15) is 5.69 Å². The van der Waals surface area contributed by atoms with E-state index in [1.54, 1.807) is 0 Å². The summed E-state index contributed by atoms with van der Waals surface area (Å²) in [5.74, 6) is -1.58. The molecule has 0 aliphatic carbocycles. The van der Waals surface area contributed by atoms with E-state index in [1.807, 2.05) is 0 Å². The summed E-state index contributed by atoms with van der Waals surface area (Å²) in [5.41, 5.74) is 0.164. The van der Waals surface area contributed by atoms with Crippen molar-refractivity contribution in [1.82, 2.24) is 4.98 Å². The van der Waals surface area contributed by atoms with Crippen molar-refractivity contribution in [3.8, 4) is 5.75 Å². The van der Waals surface area contributed by atoms with Gasteiger partial charge in [-0.25, -0.2) is 0 Å². The van der Waals surface area contributed by atoms with Gasteiger partial charge in [-0.1, -0.05) is 0 Å². The van der Waals surface area contributed by atoms with Crippen LogP contribution >= 0.6 is 0 Å². The number of hydrogen-bond acceptors (Lipinski definition) is 3. The monoisotopic (exact) mass is 221 g/mol. The zero-order valence-corrected chi connectivity index (χ0v) is 7.28. The van der Waals surface area contributed by atoms with Crippen LogP contribution in [0.25, 0.3) is 0 Å². The normalized spacial score (nSPS) is 11.1. The number of hydrogen-bond donors (Lipinski definition) is 1. The van der Waals surface area contributed by atoms with Crippen LogP contribution in [0.5, 0.6) is 5.75 Å². The van der Waals surface area contributed by atoms with Gasteiger partial charge in [-0.2, -0.15) is 0 Å². The maximum absolute atomic E-state index is 11.7. The smallest absolute Gasteiger partial charge is 0.481 e. The molecule has 1 heterocycles. The Morgan fingerprint density at radius 3 is 2.53 bits per heavy atom. The van der Waals surface area contributed by atoms with E-state index in [9.17, 15) is 18.0 Å². The molecule has 1 aromatic heterocycles. The van der Waals surface area contributed by atoms with Crippen molar-refractivity contribution >= 4 is 5.97 Å². The highest BCUT2D eigenvalue weighted by atomic mass is 19.4. The molecule has 4 nitrogen and oxygen atoms in total. The average Bonchev–Trinajstić information content (AvgIpc) is 2.05. The van der Waals surface area contributed by atoms with E-state index in [2.05, 4.69) is 9.72 Å². The minimum Gasteiger partial charge on any atom is -0.481 e. The molecule has 0 spiro atoms. The van der Waals surface area contributed by atoms with E-state index in [1.165, 1.54) is 0 Å². The molecule has 0 amide bonds. The van der Waals surface area contributed by atoms with Crippen molar-refractivity contribution in [3.63, 3.8) is 0 Å². The largest absolute Gasteiger partial charge is 0.573 e. The highest BCUT2D eigenvalue weighted by Crippen LogP contribution is 2.21. The Balaban J connectivity index is 2.68. The van der Waals surface area contributed by atoms with E-state index in [-0.39, 0.29) is 12.1 Å². The molecular formula is C8H6F3NO3. The van der Waals surface area contributed by atoms with Crippen molar-refractivity contribution in [1.29, 1.82) is 0 Å². The van der Waals surface area contributed by atoms with Gasteiger partial charge in [-0.3, -0.25) is 9.78 Å². The van der Waals surface area contributed by atoms with Crippen molar-refractivity contribution in [3.05, 3.63) is 24.0 Å². The van der Waals surface area contributed by atoms with Crippen LogP contribution in [0.15, 0.2) is 18.3 Å². The Labute approximate surface area is 82.3 Å². The van der Waals surface area contributed by atoms with Gasteiger partial charge in [0.05, 0.1) is 18.3 Å². The van der Waals surface area contributed by atoms with Gasteiger partial charge < -0.3 is 9.84 Å². The number of ether oxygens (including phenoxy) is 1. The van der Waals surface area contributed by atoms with Crippen LogP contribution in [-0.2, 0) is 11.2 Å². The Morgan fingerprint density at radius 1 is 1.47 bits per heavy atom. The highest BCUT2D eigenvalue weighted by molar-refractivity contribution is 5.69. The molecule has 1 rings (SSSR count). The molecule has 0 aliphatic heterocycles. The summed E-state index contributed by atoms with van der Waals surface area (Å²) in [6.45, 7) is 0. The lowest BCUT2D eigenvalue weighted by atomic mass is 10.3. The Hall–Kier alpha value is -1.79. The van der Waals surface area contributed by atoms with Crippen LogP contribution in [-0.4, -0.2) is 22.4 Å². The number of carbonyl (C=O) groups is 1. The van der Waals surface area contributed by atoms with Gasteiger partial charge >= 0.3 is 12.3 Å². The fraction of sp³-hybridized carbons (Fsp3) is 0.250. The van der Waals surface area contributed by atoms with Crippen LogP contribution in [0.3, 0.4) is 0 Å². The summed E-state index contributed by atoms with van der Waals surface area (Å²) >= 11 is 0. The summed E-state index contributed by atoms with van der Waals surface area (Å²) < 4.78 is 38.7. The maximum atomic E-state index is 11.7. The van der Waals surface area contributed by atoms with Gasteiger partial charge in [0.25, 0.3) is 0 Å². The second-order valence-corrected chi connectivity index (χ2v) is 2.60. The molecule has 15 heavy (non-hydrogen) atoms. The predicted octanol–water partition coefficient (Wildman–Crippen LogP) is 1.61. The molecule has 0 unspecified atom stereocenters. The van der Waals surface area contributed by atoms with Gasteiger partial charge in [0.15, 0.2) is 0 Å². The first kappa shape index (κ1) is 11.3. The molecule has 0 fully saturated rings. The predicted molar refractivity (Wildman–Crippen MR) is 42.3 cm³/mol. The highest BCUT2D eigenvalue weighted by Gasteiger charge is 2.31. The Bertz CT molecular complexity index is 347. The summed E-state index contributed by atoms with van der Waals surface area (Å²) in [4.78, 5) is 13.7. The number of alkyl halides is 3. The first-order valence-electron chi connectivity index (χ1n) is 3.79. The van der Waals surface area contributed by atoms with Crippen LogP contribution in [0.2, 0.25) is 0 Å². The molecule has 0 aliphatic rings. The second-order valence-electron chi connectivity index (χ2n) is 2.60. The number of aromatic nitrogens is 1. The van der Waals surface area contributed by atoms with E-state index in [0.717, 1.165) is 18.3 Å². The molecular weight excluding hydrogens is 215 g/mol. The molecule has 0 saturated heterocycles.